The monoisotopic (exact) mass is 262 g/mol. The molecule has 1 saturated heterocycles. The van der Waals surface area contributed by atoms with Crippen LogP contribution >= 0.6 is 0 Å². The number of aromatic hydroxyl groups is 1. The van der Waals surface area contributed by atoms with Gasteiger partial charge in [-0.25, -0.2) is 0 Å². The van der Waals surface area contributed by atoms with E-state index in [0.717, 1.165) is 31.4 Å². The Morgan fingerprint density at radius 1 is 1.42 bits per heavy atom. The summed E-state index contributed by atoms with van der Waals surface area (Å²) >= 11 is 0. The van der Waals surface area contributed by atoms with Crippen molar-refractivity contribution in [2.45, 2.75) is 32.2 Å². The second kappa shape index (κ2) is 6.57. The third-order valence-electron chi connectivity index (χ3n) is 3.64. The predicted molar refractivity (Wildman–Crippen MR) is 75.0 cm³/mol. The van der Waals surface area contributed by atoms with E-state index in [1.54, 1.807) is 12.1 Å². The summed E-state index contributed by atoms with van der Waals surface area (Å²) in [5.74, 6) is 0.597. The van der Waals surface area contributed by atoms with E-state index in [1.807, 2.05) is 12.1 Å². The van der Waals surface area contributed by atoms with Gasteiger partial charge in [-0.15, -0.1) is 0 Å². The van der Waals surface area contributed by atoms with Crippen LogP contribution in [-0.4, -0.2) is 30.1 Å². The third-order valence-corrected chi connectivity index (χ3v) is 3.64. The maximum Gasteiger partial charge on any atom is 0.223 e. The Hall–Kier alpha value is -1.55. The lowest BCUT2D eigenvalue weighted by molar-refractivity contribution is -0.126. The highest BCUT2D eigenvalue weighted by molar-refractivity contribution is 5.78. The van der Waals surface area contributed by atoms with Crippen molar-refractivity contribution in [1.29, 1.82) is 0 Å². The molecule has 104 valence electrons. The molecule has 0 aromatic heterocycles. The van der Waals surface area contributed by atoms with Gasteiger partial charge in [-0.3, -0.25) is 4.79 Å². The van der Waals surface area contributed by atoms with Gasteiger partial charge in [0.2, 0.25) is 5.91 Å². The summed E-state index contributed by atoms with van der Waals surface area (Å²) < 4.78 is 0. The van der Waals surface area contributed by atoms with Crippen LogP contribution in [0.1, 0.15) is 25.3 Å². The van der Waals surface area contributed by atoms with Crippen molar-refractivity contribution >= 4 is 5.91 Å². The molecule has 1 fully saturated rings. The fraction of sp³-hybridized carbons (Fsp3) is 0.533. The van der Waals surface area contributed by atoms with E-state index in [1.165, 1.54) is 0 Å². The molecule has 0 bridgehead atoms. The molecule has 0 spiro atoms. The number of rotatable bonds is 4. The molecule has 1 aromatic carbocycles. The standard InChI is InChI=1S/C15H22N2O2/c1-11-10-13(7-9-16-11)15(19)17-8-6-12-2-4-14(18)5-3-12/h2-5,11,13,16,18H,6-10H2,1H3,(H,17,19)/t11-,13-/m0/s1. The molecule has 1 heterocycles. The Kier molecular flexibility index (Phi) is 4.80. The van der Waals surface area contributed by atoms with Crippen LogP contribution in [0.2, 0.25) is 0 Å². The highest BCUT2D eigenvalue weighted by Gasteiger charge is 2.24. The Morgan fingerprint density at radius 3 is 2.84 bits per heavy atom. The average Bonchev–Trinajstić information content (AvgIpc) is 2.41. The quantitative estimate of drug-likeness (QED) is 0.769. The van der Waals surface area contributed by atoms with Crippen LogP contribution in [0.15, 0.2) is 24.3 Å². The van der Waals surface area contributed by atoms with Gasteiger partial charge in [0.05, 0.1) is 0 Å². The number of amides is 1. The van der Waals surface area contributed by atoms with E-state index in [0.29, 0.717) is 12.6 Å². The predicted octanol–water partition coefficient (Wildman–Crippen LogP) is 1.44. The highest BCUT2D eigenvalue weighted by atomic mass is 16.3. The summed E-state index contributed by atoms with van der Waals surface area (Å²) in [4.78, 5) is 12.0. The van der Waals surface area contributed by atoms with Crippen molar-refractivity contribution in [3.05, 3.63) is 29.8 Å². The third kappa shape index (κ3) is 4.24. The minimum atomic E-state index is 0.149. The molecule has 0 aliphatic carbocycles. The van der Waals surface area contributed by atoms with Crippen molar-refractivity contribution in [2.24, 2.45) is 5.92 Å². The fourth-order valence-corrected chi connectivity index (χ4v) is 2.51. The zero-order valence-corrected chi connectivity index (χ0v) is 11.4. The van der Waals surface area contributed by atoms with Crippen LogP contribution in [0.5, 0.6) is 5.75 Å². The second-order valence-corrected chi connectivity index (χ2v) is 5.28. The number of benzene rings is 1. The topological polar surface area (TPSA) is 61.4 Å². The molecular weight excluding hydrogens is 240 g/mol. The molecular formula is C15H22N2O2. The number of phenols is 1. The number of hydrogen-bond acceptors (Lipinski definition) is 3. The Morgan fingerprint density at radius 2 is 2.16 bits per heavy atom. The molecule has 19 heavy (non-hydrogen) atoms. The van der Waals surface area contributed by atoms with Gasteiger partial charge in [0.15, 0.2) is 0 Å². The van der Waals surface area contributed by atoms with Crippen LogP contribution < -0.4 is 10.6 Å². The Labute approximate surface area is 114 Å². The van der Waals surface area contributed by atoms with Crippen LogP contribution in [0.25, 0.3) is 0 Å². The molecule has 3 N–H and O–H groups in total. The highest BCUT2D eigenvalue weighted by Crippen LogP contribution is 2.16. The number of hydrogen-bond donors (Lipinski definition) is 3. The first-order valence-corrected chi connectivity index (χ1v) is 6.94. The van der Waals surface area contributed by atoms with Gasteiger partial charge in [0.1, 0.15) is 5.75 Å². The van der Waals surface area contributed by atoms with Crippen molar-refractivity contribution < 1.29 is 9.90 Å². The molecule has 1 aliphatic rings. The van der Waals surface area contributed by atoms with E-state index in [2.05, 4.69) is 17.6 Å². The maximum absolute atomic E-state index is 12.0. The van der Waals surface area contributed by atoms with E-state index >= 15 is 0 Å². The minimum Gasteiger partial charge on any atom is -0.508 e. The van der Waals surface area contributed by atoms with Crippen LogP contribution in [0.4, 0.5) is 0 Å². The van der Waals surface area contributed by atoms with Crippen LogP contribution in [-0.2, 0) is 11.2 Å². The van der Waals surface area contributed by atoms with Crippen molar-refractivity contribution in [3.63, 3.8) is 0 Å². The summed E-state index contributed by atoms with van der Waals surface area (Å²) in [6.45, 7) is 3.70. The van der Waals surface area contributed by atoms with E-state index in [-0.39, 0.29) is 17.6 Å². The normalized spacial score (nSPS) is 23.0. The van der Waals surface area contributed by atoms with Crippen LogP contribution in [0, 0.1) is 5.92 Å². The number of carbonyl (C=O) groups excluding carboxylic acids is 1. The summed E-state index contributed by atoms with van der Waals surface area (Å²) in [6, 6.07) is 7.54. The van der Waals surface area contributed by atoms with Crippen molar-refractivity contribution in [2.75, 3.05) is 13.1 Å². The smallest absolute Gasteiger partial charge is 0.223 e. The first kappa shape index (κ1) is 13.9. The van der Waals surface area contributed by atoms with Crippen LogP contribution in [0.3, 0.4) is 0 Å². The van der Waals surface area contributed by atoms with Gasteiger partial charge in [0, 0.05) is 18.5 Å². The molecule has 1 aliphatic heterocycles. The first-order chi connectivity index (χ1) is 9.15. The Bertz CT molecular complexity index is 417. The lowest BCUT2D eigenvalue weighted by atomic mass is 9.92. The molecule has 0 unspecified atom stereocenters. The van der Waals surface area contributed by atoms with Gasteiger partial charge >= 0.3 is 0 Å². The van der Waals surface area contributed by atoms with Gasteiger partial charge < -0.3 is 15.7 Å². The number of phenolic OH excluding ortho intramolecular Hbond substituents is 1. The SMILES string of the molecule is C[C@H]1C[C@@H](C(=O)NCCc2ccc(O)cc2)CCN1. The molecule has 0 saturated carbocycles. The van der Waals surface area contributed by atoms with E-state index < -0.39 is 0 Å². The number of piperidine rings is 1. The van der Waals surface area contributed by atoms with Gasteiger partial charge in [-0.1, -0.05) is 12.1 Å². The molecule has 4 heteroatoms. The van der Waals surface area contributed by atoms with E-state index in [9.17, 15) is 9.90 Å². The van der Waals surface area contributed by atoms with Crippen molar-refractivity contribution in [1.82, 2.24) is 10.6 Å². The summed E-state index contributed by atoms with van der Waals surface area (Å²) in [7, 11) is 0. The summed E-state index contributed by atoms with van der Waals surface area (Å²) in [5.41, 5.74) is 1.12. The zero-order valence-electron chi connectivity index (χ0n) is 11.4. The molecule has 1 aromatic rings. The van der Waals surface area contributed by atoms with Crippen molar-refractivity contribution in [3.8, 4) is 5.75 Å². The van der Waals surface area contributed by atoms with Gasteiger partial charge in [-0.2, -0.15) is 0 Å². The van der Waals surface area contributed by atoms with E-state index in [4.69, 9.17) is 0 Å². The molecule has 0 radical (unpaired) electrons. The second-order valence-electron chi connectivity index (χ2n) is 5.28. The molecule has 4 nitrogen and oxygen atoms in total. The Balaban J connectivity index is 1.73. The molecule has 2 rings (SSSR count). The zero-order chi connectivity index (χ0) is 13.7. The minimum absolute atomic E-state index is 0.149. The lowest BCUT2D eigenvalue weighted by Gasteiger charge is -2.27. The largest absolute Gasteiger partial charge is 0.508 e. The lowest BCUT2D eigenvalue weighted by Crippen LogP contribution is -2.42. The fourth-order valence-electron chi connectivity index (χ4n) is 2.51. The number of nitrogens with one attached hydrogen (secondary N) is 2. The number of carbonyl (C=O) groups is 1. The summed E-state index contributed by atoms with van der Waals surface area (Å²) in [6.07, 6.45) is 2.65. The average molecular weight is 262 g/mol. The first-order valence-electron chi connectivity index (χ1n) is 6.94. The molecule has 1 amide bonds. The van der Waals surface area contributed by atoms with Gasteiger partial charge in [-0.05, 0) is 50.4 Å². The maximum atomic E-state index is 12.0. The molecule has 2 atom stereocenters. The summed E-state index contributed by atoms with van der Waals surface area (Å²) in [5, 5.41) is 15.5. The van der Waals surface area contributed by atoms with Gasteiger partial charge in [0.25, 0.3) is 0 Å².